The Morgan fingerprint density at radius 2 is 1.78 bits per heavy atom. The summed E-state index contributed by atoms with van der Waals surface area (Å²) in [5.74, 6) is -1.45. The minimum atomic E-state index is -4.02. The van der Waals surface area contributed by atoms with Crippen molar-refractivity contribution in [3.05, 3.63) is 58.7 Å². The van der Waals surface area contributed by atoms with E-state index in [1.807, 2.05) is 0 Å². The number of aryl methyl sites for hydroxylation is 1. The standard InChI is InChI=1S/C19H20N2O5S/c1-11-8-14(19(23)24)10-17(12(11)2)27(25,26)21-16-5-3-4-13(9-16)18(22)20-15-6-7-15/h3-5,8-10,15,21H,6-7H2,1-2H3,(H,20,22)(H,23,24). The number of amides is 1. The Bertz CT molecular complexity index is 1030. The van der Waals surface area contributed by atoms with Crippen molar-refractivity contribution in [2.75, 3.05) is 4.72 Å². The second kappa shape index (κ2) is 7.03. The molecule has 2 aromatic rings. The molecule has 1 fully saturated rings. The average Bonchev–Trinajstić information content (AvgIpc) is 3.40. The van der Waals surface area contributed by atoms with Gasteiger partial charge in [-0.3, -0.25) is 9.52 Å². The molecule has 0 aliphatic heterocycles. The Morgan fingerprint density at radius 3 is 2.41 bits per heavy atom. The molecule has 27 heavy (non-hydrogen) atoms. The number of carboxylic acids is 1. The molecule has 1 amide bonds. The Hall–Kier alpha value is -2.87. The van der Waals surface area contributed by atoms with Crippen molar-refractivity contribution in [3.63, 3.8) is 0 Å². The highest BCUT2D eigenvalue weighted by atomic mass is 32.2. The smallest absolute Gasteiger partial charge is 0.335 e. The molecule has 0 saturated heterocycles. The summed E-state index contributed by atoms with van der Waals surface area (Å²) in [5.41, 5.74) is 1.52. The van der Waals surface area contributed by atoms with Crippen LogP contribution in [-0.4, -0.2) is 31.4 Å². The molecule has 2 aromatic carbocycles. The van der Waals surface area contributed by atoms with Crippen LogP contribution < -0.4 is 10.0 Å². The van der Waals surface area contributed by atoms with Crippen molar-refractivity contribution in [1.82, 2.24) is 5.32 Å². The van der Waals surface area contributed by atoms with Gasteiger partial charge in [0.1, 0.15) is 0 Å². The van der Waals surface area contributed by atoms with E-state index in [4.69, 9.17) is 0 Å². The summed E-state index contributed by atoms with van der Waals surface area (Å²) in [4.78, 5) is 23.3. The molecular weight excluding hydrogens is 368 g/mol. The Balaban J connectivity index is 1.91. The number of carbonyl (C=O) groups is 2. The first-order valence-corrected chi connectivity index (χ1v) is 9.94. The van der Waals surface area contributed by atoms with Gasteiger partial charge in [0.15, 0.2) is 0 Å². The monoisotopic (exact) mass is 388 g/mol. The maximum absolute atomic E-state index is 12.8. The number of aromatic carboxylic acids is 1. The average molecular weight is 388 g/mol. The third-order valence-electron chi connectivity index (χ3n) is 4.45. The summed E-state index contributed by atoms with van der Waals surface area (Å²) in [5, 5.41) is 12.0. The fourth-order valence-corrected chi connectivity index (χ4v) is 4.05. The molecule has 0 radical (unpaired) electrons. The highest BCUT2D eigenvalue weighted by Gasteiger charge is 2.24. The summed E-state index contributed by atoms with van der Waals surface area (Å²) in [6.07, 6.45) is 1.91. The van der Waals surface area contributed by atoms with Crippen LogP contribution in [0.5, 0.6) is 0 Å². The SMILES string of the molecule is Cc1cc(C(=O)O)cc(S(=O)(=O)Nc2cccc(C(=O)NC3CC3)c2)c1C. The second-order valence-electron chi connectivity index (χ2n) is 6.66. The number of sulfonamides is 1. The van der Waals surface area contributed by atoms with Gasteiger partial charge in [0, 0.05) is 17.3 Å². The van der Waals surface area contributed by atoms with Crippen LogP contribution in [0.25, 0.3) is 0 Å². The lowest BCUT2D eigenvalue weighted by Gasteiger charge is -2.14. The first-order chi connectivity index (χ1) is 12.7. The fraction of sp³-hybridized carbons (Fsp3) is 0.263. The third kappa shape index (κ3) is 4.28. The van der Waals surface area contributed by atoms with E-state index in [0.29, 0.717) is 16.7 Å². The molecule has 0 aromatic heterocycles. The Morgan fingerprint density at radius 1 is 1.07 bits per heavy atom. The molecule has 1 aliphatic carbocycles. The molecule has 7 nitrogen and oxygen atoms in total. The van der Waals surface area contributed by atoms with E-state index in [2.05, 4.69) is 10.0 Å². The van der Waals surface area contributed by atoms with Gasteiger partial charge in [-0.2, -0.15) is 0 Å². The number of benzene rings is 2. The topological polar surface area (TPSA) is 113 Å². The van der Waals surface area contributed by atoms with Gasteiger partial charge >= 0.3 is 5.97 Å². The number of hydrogen-bond acceptors (Lipinski definition) is 4. The lowest BCUT2D eigenvalue weighted by atomic mass is 10.1. The van der Waals surface area contributed by atoms with Crippen LogP contribution in [0.1, 0.15) is 44.7 Å². The number of carbonyl (C=O) groups excluding carboxylic acids is 1. The first kappa shape index (κ1) is 18.9. The van der Waals surface area contributed by atoms with Crippen molar-refractivity contribution in [2.24, 2.45) is 0 Å². The summed E-state index contributed by atoms with van der Waals surface area (Å²) in [6.45, 7) is 3.28. The van der Waals surface area contributed by atoms with E-state index < -0.39 is 16.0 Å². The summed E-state index contributed by atoms with van der Waals surface area (Å²) >= 11 is 0. The molecule has 142 valence electrons. The van der Waals surface area contributed by atoms with Crippen molar-refractivity contribution in [2.45, 2.75) is 37.6 Å². The first-order valence-electron chi connectivity index (χ1n) is 8.45. The van der Waals surface area contributed by atoms with Gasteiger partial charge in [-0.25, -0.2) is 13.2 Å². The van der Waals surface area contributed by atoms with Crippen LogP contribution >= 0.6 is 0 Å². The minimum absolute atomic E-state index is 0.101. The molecule has 1 saturated carbocycles. The van der Waals surface area contributed by atoms with Gasteiger partial charge < -0.3 is 10.4 Å². The lowest BCUT2D eigenvalue weighted by molar-refractivity contribution is 0.0696. The van der Waals surface area contributed by atoms with E-state index in [1.54, 1.807) is 26.0 Å². The normalized spacial score (nSPS) is 13.9. The van der Waals surface area contributed by atoms with Crippen molar-refractivity contribution in [1.29, 1.82) is 0 Å². The highest BCUT2D eigenvalue weighted by molar-refractivity contribution is 7.92. The zero-order valence-corrected chi connectivity index (χ0v) is 15.8. The quantitative estimate of drug-likeness (QED) is 0.704. The molecule has 0 bridgehead atoms. The summed E-state index contributed by atoms with van der Waals surface area (Å²) in [6, 6.07) is 8.95. The minimum Gasteiger partial charge on any atom is -0.478 e. The van der Waals surface area contributed by atoms with E-state index in [9.17, 15) is 23.1 Å². The fourth-order valence-electron chi connectivity index (χ4n) is 2.66. The molecular formula is C19H20N2O5S. The van der Waals surface area contributed by atoms with Gasteiger partial charge in [-0.1, -0.05) is 6.07 Å². The number of carboxylic acid groups (broad SMARTS) is 1. The van der Waals surface area contributed by atoms with Gasteiger partial charge in [-0.05, 0) is 68.1 Å². The van der Waals surface area contributed by atoms with Crippen molar-refractivity contribution >= 4 is 27.6 Å². The Labute approximate surface area is 157 Å². The van der Waals surface area contributed by atoms with Gasteiger partial charge in [-0.15, -0.1) is 0 Å². The number of nitrogens with one attached hydrogen (secondary N) is 2. The molecule has 3 rings (SSSR count). The predicted molar refractivity (Wildman–Crippen MR) is 101 cm³/mol. The van der Waals surface area contributed by atoms with Gasteiger partial charge in [0.2, 0.25) is 0 Å². The molecule has 8 heteroatoms. The highest BCUT2D eigenvalue weighted by Crippen LogP contribution is 2.25. The zero-order chi connectivity index (χ0) is 19.8. The van der Waals surface area contributed by atoms with Gasteiger partial charge in [0.25, 0.3) is 15.9 Å². The predicted octanol–water partition coefficient (Wildman–Crippen LogP) is 2.69. The summed E-state index contributed by atoms with van der Waals surface area (Å²) in [7, 11) is -4.02. The lowest BCUT2D eigenvalue weighted by Crippen LogP contribution is -2.25. The Kier molecular flexibility index (Phi) is 4.93. The summed E-state index contributed by atoms with van der Waals surface area (Å²) < 4.78 is 28.1. The van der Waals surface area contributed by atoms with Crippen LogP contribution in [0, 0.1) is 13.8 Å². The molecule has 0 atom stereocenters. The molecule has 0 heterocycles. The van der Waals surface area contributed by atoms with E-state index >= 15 is 0 Å². The maximum atomic E-state index is 12.8. The van der Waals surface area contributed by atoms with E-state index in [0.717, 1.165) is 18.9 Å². The number of hydrogen-bond donors (Lipinski definition) is 3. The molecule has 1 aliphatic rings. The molecule has 3 N–H and O–H groups in total. The van der Waals surface area contributed by atoms with Crippen LogP contribution in [0.4, 0.5) is 5.69 Å². The van der Waals surface area contributed by atoms with Gasteiger partial charge in [0.05, 0.1) is 10.5 Å². The third-order valence-corrected chi connectivity index (χ3v) is 5.95. The maximum Gasteiger partial charge on any atom is 0.335 e. The second-order valence-corrected chi connectivity index (χ2v) is 8.31. The van der Waals surface area contributed by atoms with Crippen LogP contribution in [-0.2, 0) is 10.0 Å². The van der Waals surface area contributed by atoms with Crippen molar-refractivity contribution < 1.29 is 23.1 Å². The van der Waals surface area contributed by atoms with Crippen LogP contribution in [0.15, 0.2) is 41.3 Å². The molecule has 0 unspecified atom stereocenters. The molecule has 0 spiro atoms. The van der Waals surface area contributed by atoms with Crippen LogP contribution in [0.2, 0.25) is 0 Å². The van der Waals surface area contributed by atoms with Crippen molar-refractivity contribution in [3.8, 4) is 0 Å². The zero-order valence-electron chi connectivity index (χ0n) is 14.9. The van der Waals surface area contributed by atoms with E-state index in [1.165, 1.54) is 18.2 Å². The van der Waals surface area contributed by atoms with Crippen LogP contribution in [0.3, 0.4) is 0 Å². The van der Waals surface area contributed by atoms with E-state index in [-0.39, 0.29) is 28.1 Å². The largest absolute Gasteiger partial charge is 0.478 e. The number of rotatable bonds is 6. The number of anilines is 1.